The van der Waals surface area contributed by atoms with E-state index in [1.807, 2.05) is 50.3 Å². The highest BCUT2D eigenvalue weighted by Crippen LogP contribution is 2.27. The molecule has 1 aliphatic heterocycles. The molecule has 0 spiro atoms. The van der Waals surface area contributed by atoms with E-state index in [4.69, 9.17) is 0 Å². The molecule has 1 fully saturated rings. The fourth-order valence-electron chi connectivity index (χ4n) is 3.80. The van der Waals surface area contributed by atoms with Gasteiger partial charge in [-0.1, -0.05) is 6.07 Å². The van der Waals surface area contributed by atoms with Crippen molar-refractivity contribution < 1.29 is 4.79 Å². The molecule has 142 valence electrons. The Labute approximate surface area is 158 Å². The lowest BCUT2D eigenvalue weighted by Gasteiger charge is -2.32. The minimum Gasteiger partial charge on any atom is -0.337 e. The summed E-state index contributed by atoms with van der Waals surface area (Å²) in [6, 6.07) is 7.60. The van der Waals surface area contributed by atoms with Gasteiger partial charge < -0.3 is 14.4 Å². The van der Waals surface area contributed by atoms with Crippen LogP contribution in [-0.4, -0.2) is 67.3 Å². The molecule has 0 bridgehead atoms. The number of carbonyl (C=O) groups is 1. The number of rotatable bonds is 4. The first-order valence-corrected chi connectivity index (χ1v) is 9.29. The lowest BCUT2D eigenvalue weighted by Crippen LogP contribution is -2.40. The maximum Gasteiger partial charge on any atom is 0.272 e. The zero-order valence-corrected chi connectivity index (χ0v) is 16.0. The van der Waals surface area contributed by atoms with E-state index in [-0.39, 0.29) is 11.8 Å². The van der Waals surface area contributed by atoms with Crippen molar-refractivity contribution in [2.24, 2.45) is 7.05 Å². The molecule has 1 atom stereocenters. The van der Waals surface area contributed by atoms with Crippen molar-refractivity contribution in [3.8, 4) is 0 Å². The summed E-state index contributed by atoms with van der Waals surface area (Å²) in [7, 11) is 6.05. The summed E-state index contributed by atoms with van der Waals surface area (Å²) >= 11 is 0. The minimum atomic E-state index is 0.0182. The van der Waals surface area contributed by atoms with E-state index in [9.17, 15) is 4.79 Å². The number of carbonyl (C=O) groups excluding carboxylic acids is 1. The maximum absolute atomic E-state index is 13.1. The van der Waals surface area contributed by atoms with Gasteiger partial charge in [0.25, 0.3) is 5.91 Å². The van der Waals surface area contributed by atoms with Crippen LogP contribution in [0.15, 0.2) is 30.5 Å². The van der Waals surface area contributed by atoms with Gasteiger partial charge >= 0.3 is 0 Å². The van der Waals surface area contributed by atoms with E-state index in [0.717, 1.165) is 43.1 Å². The van der Waals surface area contributed by atoms with Gasteiger partial charge in [0.15, 0.2) is 0 Å². The third kappa shape index (κ3) is 3.32. The Morgan fingerprint density at radius 2 is 2.11 bits per heavy atom. The molecule has 1 aliphatic rings. The van der Waals surface area contributed by atoms with Gasteiger partial charge in [-0.2, -0.15) is 5.10 Å². The summed E-state index contributed by atoms with van der Waals surface area (Å²) in [5, 5.41) is 13.1. The summed E-state index contributed by atoms with van der Waals surface area (Å²) in [4.78, 5) is 17.1. The van der Waals surface area contributed by atoms with Gasteiger partial charge in [0.1, 0.15) is 17.3 Å². The Hall–Kier alpha value is -2.74. The molecular weight excluding hydrogens is 342 g/mol. The molecule has 1 amide bonds. The SMILES string of the molecule is CN(C)Cc1nnc([C@@H]2CCCN(C(=O)c3cccc4ccnn34)C2)n1C. The van der Waals surface area contributed by atoms with Crippen LogP contribution in [0.5, 0.6) is 0 Å². The topological polar surface area (TPSA) is 71.6 Å². The Balaban J connectivity index is 1.56. The highest BCUT2D eigenvalue weighted by Gasteiger charge is 2.29. The number of aromatic nitrogens is 5. The number of pyridine rings is 1. The van der Waals surface area contributed by atoms with Crippen LogP contribution in [0.25, 0.3) is 5.52 Å². The molecule has 4 rings (SSSR count). The highest BCUT2D eigenvalue weighted by atomic mass is 16.2. The minimum absolute atomic E-state index is 0.0182. The number of amides is 1. The van der Waals surface area contributed by atoms with Crippen LogP contribution in [0, 0.1) is 0 Å². The predicted molar refractivity (Wildman–Crippen MR) is 101 cm³/mol. The lowest BCUT2D eigenvalue weighted by atomic mass is 9.97. The Kier molecular flexibility index (Phi) is 4.65. The smallest absolute Gasteiger partial charge is 0.272 e. The molecule has 0 radical (unpaired) electrons. The summed E-state index contributed by atoms with van der Waals surface area (Å²) in [5.74, 6) is 2.12. The van der Waals surface area contributed by atoms with Gasteiger partial charge in [0, 0.05) is 26.1 Å². The monoisotopic (exact) mass is 367 g/mol. The molecule has 8 heteroatoms. The third-order valence-electron chi connectivity index (χ3n) is 5.17. The molecule has 3 aromatic heterocycles. The number of fused-ring (bicyclic) bond motifs is 1. The predicted octanol–water partition coefficient (Wildman–Crippen LogP) is 1.54. The van der Waals surface area contributed by atoms with Crippen LogP contribution in [0.1, 0.15) is 40.9 Å². The van der Waals surface area contributed by atoms with Gasteiger partial charge in [-0.05, 0) is 45.1 Å². The van der Waals surface area contributed by atoms with E-state index >= 15 is 0 Å². The van der Waals surface area contributed by atoms with Gasteiger partial charge in [-0.3, -0.25) is 4.79 Å². The van der Waals surface area contributed by atoms with E-state index in [1.54, 1.807) is 10.7 Å². The standard InChI is InChI=1S/C19H25N7O/c1-23(2)13-17-21-22-18(24(17)3)14-6-5-11-25(12-14)19(27)16-8-4-7-15-9-10-20-26(15)16/h4,7-10,14H,5-6,11-13H2,1-3H3/t14-/m1/s1. The molecule has 0 N–H and O–H groups in total. The van der Waals surface area contributed by atoms with Crippen LogP contribution >= 0.6 is 0 Å². The van der Waals surface area contributed by atoms with Gasteiger partial charge in [-0.15, -0.1) is 10.2 Å². The number of hydrogen-bond acceptors (Lipinski definition) is 5. The molecule has 0 aromatic carbocycles. The number of piperidine rings is 1. The lowest BCUT2D eigenvalue weighted by molar-refractivity contribution is 0.0694. The molecular formula is C19H25N7O. The molecule has 4 heterocycles. The average Bonchev–Trinajstić information content (AvgIpc) is 3.28. The first-order valence-electron chi connectivity index (χ1n) is 9.29. The molecule has 8 nitrogen and oxygen atoms in total. The molecule has 1 saturated heterocycles. The number of hydrogen-bond donors (Lipinski definition) is 0. The van der Waals surface area contributed by atoms with E-state index in [1.165, 1.54) is 0 Å². The van der Waals surface area contributed by atoms with Crippen LogP contribution < -0.4 is 0 Å². The summed E-state index contributed by atoms with van der Waals surface area (Å²) in [5.41, 5.74) is 1.53. The van der Waals surface area contributed by atoms with E-state index in [0.29, 0.717) is 12.2 Å². The van der Waals surface area contributed by atoms with Crippen molar-refractivity contribution in [2.75, 3.05) is 27.2 Å². The van der Waals surface area contributed by atoms with E-state index < -0.39 is 0 Å². The second-order valence-corrected chi connectivity index (χ2v) is 7.44. The zero-order valence-electron chi connectivity index (χ0n) is 16.0. The average molecular weight is 367 g/mol. The van der Waals surface area contributed by atoms with Gasteiger partial charge in [0.2, 0.25) is 0 Å². The zero-order chi connectivity index (χ0) is 19.0. The second kappa shape index (κ2) is 7.11. The first kappa shape index (κ1) is 17.7. The molecule has 0 aliphatic carbocycles. The summed E-state index contributed by atoms with van der Waals surface area (Å²) < 4.78 is 3.79. The first-order chi connectivity index (χ1) is 13.0. The largest absolute Gasteiger partial charge is 0.337 e. The number of likely N-dealkylation sites (tertiary alicyclic amines) is 1. The molecule has 27 heavy (non-hydrogen) atoms. The fraction of sp³-hybridized carbons (Fsp3) is 0.474. The third-order valence-corrected chi connectivity index (χ3v) is 5.17. The van der Waals surface area contributed by atoms with Crippen molar-refractivity contribution in [1.82, 2.24) is 34.2 Å². The van der Waals surface area contributed by atoms with Crippen LogP contribution in [0.4, 0.5) is 0 Å². The van der Waals surface area contributed by atoms with Crippen LogP contribution in [0.2, 0.25) is 0 Å². The number of nitrogens with zero attached hydrogens (tertiary/aromatic N) is 7. The maximum atomic E-state index is 13.1. The molecule has 0 unspecified atom stereocenters. The van der Waals surface area contributed by atoms with Crippen LogP contribution in [0.3, 0.4) is 0 Å². The second-order valence-electron chi connectivity index (χ2n) is 7.44. The van der Waals surface area contributed by atoms with E-state index in [2.05, 4.69) is 24.8 Å². The van der Waals surface area contributed by atoms with Gasteiger partial charge in [-0.25, -0.2) is 4.52 Å². The van der Waals surface area contributed by atoms with Crippen molar-refractivity contribution in [2.45, 2.75) is 25.3 Å². The van der Waals surface area contributed by atoms with Gasteiger partial charge in [0.05, 0.1) is 18.3 Å². The Morgan fingerprint density at radius 3 is 2.93 bits per heavy atom. The van der Waals surface area contributed by atoms with Crippen LogP contribution in [-0.2, 0) is 13.6 Å². The summed E-state index contributed by atoms with van der Waals surface area (Å²) in [6.07, 6.45) is 3.70. The van der Waals surface area contributed by atoms with Crippen molar-refractivity contribution >= 4 is 11.4 Å². The fourth-order valence-corrected chi connectivity index (χ4v) is 3.80. The Bertz CT molecular complexity index is 958. The van der Waals surface area contributed by atoms with Crippen molar-refractivity contribution in [3.05, 3.63) is 47.8 Å². The highest BCUT2D eigenvalue weighted by molar-refractivity contribution is 5.93. The molecule has 0 saturated carbocycles. The molecule has 3 aromatic rings. The summed E-state index contributed by atoms with van der Waals surface area (Å²) in [6.45, 7) is 2.17. The van der Waals surface area contributed by atoms with Crippen molar-refractivity contribution in [1.29, 1.82) is 0 Å². The Morgan fingerprint density at radius 1 is 1.26 bits per heavy atom. The normalized spacial score (nSPS) is 17.8. The quantitative estimate of drug-likeness (QED) is 0.700. The van der Waals surface area contributed by atoms with Crippen molar-refractivity contribution in [3.63, 3.8) is 0 Å².